The van der Waals surface area contributed by atoms with E-state index in [1.54, 1.807) is 0 Å². The molecule has 10 nitrogen and oxygen atoms in total. The Morgan fingerprint density at radius 2 is 2.05 bits per heavy atom. The van der Waals surface area contributed by atoms with E-state index in [0.717, 1.165) is 0 Å². The molecule has 1 aliphatic rings. The van der Waals surface area contributed by atoms with E-state index >= 15 is 0 Å². The van der Waals surface area contributed by atoms with Crippen LogP contribution in [0, 0.1) is 5.41 Å². The Morgan fingerprint density at radius 3 is 2.77 bits per heavy atom. The fraction of sp³-hybridized carbons (Fsp3) is 0.417. The van der Waals surface area contributed by atoms with Gasteiger partial charge in [0.2, 0.25) is 0 Å². The van der Waals surface area contributed by atoms with E-state index in [2.05, 4.69) is 25.1 Å². The van der Waals surface area contributed by atoms with Gasteiger partial charge in [0.15, 0.2) is 16.8 Å². The van der Waals surface area contributed by atoms with Crippen molar-refractivity contribution in [3.63, 3.8) is 0 Å². The molecule has 1 fully saturated rings. The molecule has 1 aliphatic heterocycles. The third-order valence-corrected chi connectivity index (χ3v) is 3.88. The van der Waals surface area contributed by atoms with Gasteiger partial charge in [-0.1, -0.05) is 0 Å². The van der Waals surface area contributed by atoms with Gasteiger partial charge in [-0.25, -0.2) is 9.97 Å². The van der Waals surface area contributed by atoms with Gasteiger partial charge in [0.25, 0.3) is 0 Å². The predicted molar refractivity (Wildman–Crippen MR) is 70.7 cm³/mol. The van der Waals surface area contributed by atoms with Crippen molar-refractivity contribution in [2.75, 3.05) is 6.61 Å². The van der Waals surface area contributed by atoms with E-state index in [-0.39, 0.29) is 11.2 Å². The SMILES string of the molecule is N=c1nnc2[nH]cnc3nc(C4O[C@H](CO)[C@@H](O)[C@H]4O)c1c32. The van der Waals surface area contributed by atoms with Crippen molar-refractivity contribution in [1.82, 2.24) is 25.1 Å². The molecule has 114 valence electrons. The maximum atomic E-state index is 10.2. The first kappa shape index (κ1) is 13.4. The summed E-state index contributed by atoms with van der Waals surface area (Å²) in [4.78, 5) is 11.2. The lowest BCUT2D eigenvalue weighted by atomic mass is 10.0. The summed E-state index contributed by atoms with van der Waals surface area (Å²) in [6.45, 7) is -0.432. The topological polar surface area (TPSA) is 161 Å². The summed E-state index contributed by atoms with van der Waals surface area (Å²) in [5.74, 6) is 0. The molecule has 0 aromatic carbocycles. The van der Waals surface area contributed by atoms with E-state index in [1.807, 2.05) is 0 Å². The molecule has 0 radical (unpaired) electrons. The van der Waals surface area contributed by atoms with Crippen LogP contribution in [0.3, 0.4) is 0 Å². The molecular weight excluding hydrogens is 292 g/mol. The number of nitrogens with one attached hydrogen (secondary N) is 2. The quantitative estimate of drug-likeness (QED) is 0.362. The molecule has 10 heteroatoms. The van der Waals surface area contributed by atoms with Crippen LogP contribution in [0.1, 0.15) is 11.8 Å². The van der Waals surface area contributed by atoms with Crippen LogP contribution in [0.25, 0.3) is 22.1 Å². The zero-order valence-corrected chi connectivity index (χ0v) is 11.1. The zero-order valence-electron chi connectivity index (χ0n) is 11.1. The number of ether oxygens (including phenoxy) is 1. The largest absolute Gasteiger partial charge is 0.394 e. The van der Waals surface area contributed by atoms with Crippen LogP contribution in [0.2, 0.25) is 0 Å². The summed E-state index contributed by atoms with van der Waals surface area (Å²) < 4.78 is 5.49. The highest BCUT2D eigenvalue weighted by molar-refractivity contribution is 6.05. The number of nitrogens with zero attached hydrogens (tertiary/aromatic N) is 4. The van der Waals surface area contributed by atoms with Crippen molar-refractivity contribution >= 4 is 22.1 Å². The molecule has 5 N–H and O–H groups in total. The van der Waals surface area contributed by atoms with Crippen molar-refractivity contribution in [3.05, 3.63) is 17.5 Å². The van der Waals surface area contributed by atoms with Crippen molar-refractivity contribution in [1.29, 1.82) is 5.41 Å². The molecule has 4 rings (SSSR count). The summed E-state index contributed by atoms with van der Waals surface area (Å²) in [7, 11) is 0. The number of aliphatic hydroxyl groups is 3. The Labute approximate surface area is 122 Å². The molecule has 0 spiro atoms. The molecule has 0 saturated carbocycles. The normalized spacial score (nSPS) is 28.9. The summed E-state index contributed by atoms with van der Waals surface area (Å²) in [5, 5.41) is 45.7. The van der Waals surface area contributed by atoms with E-state index in [4.69, 9.17) is 10.1 Å². The zero-order chi connectivity index (χ0) is 15.4. The Balaban J connectivity index is 1.97. The molecule has 4 heterocycles. The number of hydrogen-bond donors (Lipinski definition) is 5. The molecule has 4 atom stereocenters. The van der Waals surface area contributed by atoms with Gasteiger partial charge in [-0.15, -0.1) is 10.2 Å². The summed E-state index contributed by atoms with van der Waals surface area (Å²) in [6, 6.07) is 0. The summed E-state index contributed by atoms with van der Waals surface area (Å²) in [5.41, 5.74) is 0.903. The monoisotopic (exact) mass is 304 g/mol. The lowest BCUT2D eigenvalue weighted by Gasteiger charge is -2.12. The first-order valence-corrected chi connectivity index (χ1v) is 6.62. The van der Waals surface area contributed by atoms with Crippen molar-refractivity contribution in [2.24, 2.45) is 0 Å². The summed E-state index contributed by atoms with van der Waals surface area (Å²) in [6.07, 6.45) is -2.98. The minimum absolute atomic E-state index is 0.121. The average molecular weight is 304 g/mol. The van der Waals surface area contributed by atoms with Gasteiger partial charge in [0.1, 0.15) is 24.4 Å². The maximum absolute atomic E-state index is 10.2. The van der Waals surface area contributed by atoms with E-state index in [9.17, 15) is 15.3 Å². The highest BCUT2D eigenvalue weighted by Gasteiger charge is 2.45. The fourth-order valence-corrected chi connectivity index (χ4v) is 2.81. The molecule has 1 saturated heterocycles. The molecule has 0 bridgehead atoms. The van der Waals surface area contributed by atoms with E-state index in [1.165, 1.54) is 6.33 Å². The van der Waals surface area contributed by atoms with Gasteiger partial charge in [-0.2, -0.15) is 0 Å². The third kappa shape index (κ3) is 1.66. The van der Waals surface area contributed by atoms with Crippen LogP contribution in [-0.4, -0.2) is 65.4 Å². The molecule has 1 unspecified atom stereocenters. The Bertz CT molecular complexity index is 898. The van der Waals surface area contributed by atoms with Crippen LogP contribution in [-0.2, 0) is 4.74 Å². The van der Waals surface area contributed by atoms with Gasteiger partial charge in [-0.05, 0) is 0 Å². The molecule has 0 amide bonds. The van der Waals surface area contributed by atoms with Gasteiger partial charge in [0, 0.05) is 0 Å². The van der Waals surface area contributed by atoms with Crippen LogP contribution in [0.4, 0.5) is 0 Å². The average Bonchev–Trinajstić information content (AvgIpc) is 3.04. The molecule has 3 aromatic rings. The second kappa shape index (κ2) is 4.61. The molecule has 22 heavy (non-hydrogen) atoms. The number of aromatic nitrogens is 5. The summed E-state index contributed by atoms with van der Waals surface area (Å²) >= 11 is 0. The Hall–Kier alpha value is -2.27. The van der Waals surface area contributed by atoms with E-state index < -0.39 is 31.0 Å². The van der Waals surface area contributed by atoms with Crippen LogP contribution in [0.15, 0.2) is 6.33 Å². The number of hydrogen-bond acceptors (Lipinski definition) is 9. The van der Waals surface area contributed by atoms with Gasteiger partial charge in [-0.3, -0.25) is 5.41 Å². The lowest BCUT2D eigenvalue weighted by molar-refractivity contribution is -0.0233. The number of aromatic amines is 1. The molecular formula is C12H12N6O4. The lowest BCUT2D eigenvalue weighted by Crippen LogP contribution is -2.32. The predicted octanol–water partition coefficient (Wildman–Crippen LogP) is -2.03. The first-order chi connectivity index (χ1) is 10.6. The molecule has 3 aromatic heterocycles. The standard InChI is InChI=1S/C12H12N6O4/c13-10-4-5-11(14-2-15-12(5)18-17-10)16-6(4)9-8(21)7(20)3(1-19)22-9/h2-3,7-9,13,19-21H,1H2,(H,14,15,16)/t3-,7-,8-,9?/m1/s1. The van der Waals surface area contributed by atoms with Crippen LogP contribution in [0.5, 0.6) is 0 Å². The minimum atomic E-state index is -1.27. The highest BCUT2D eigenvalue weighted by atomic mass is 16.6. The van der Waals surface area contributed by atoms with Crippen LogP contribution >= 0.6 is 0 Å². The van der Waals surface area contributed by atoms with Crippen molar-refractivity contribution < 1.29 is 20.1 Å². The van der Waals surface area contributed by atoms with Crippen molar-refractivity contribution in [2.45, 2.75) is 24.4 Å². The minimum Gasteiger partial charge on any atom is -0.394 e. The van der Waals surface area contributed by atoms with Gasteiger partial charge in [0.05, 0.1) is 29.4 Å². The number of aliphatic hydroxyl groups excluding tert-OH is 3. The van der Waals surface area contributed by atoms with Gasteiger partial charge >= 0.3 is 0 Å². The second-order valence-electron chi connectivity index (χ2n) is 5.13. The van der Waals surface area contributed by atoms with Crippen LogP contribution < -0.4 is 5.49 Å². The third-order valence-electron chi connectivity index (χ3n) is 3.88. The van der Waals surface area contributed by atoms with Gasteiger partial charge < -0.3 is 25.0 Å². The van der Waals surface area contributed by atoms with E-state index in [0.29, 0.717) is 22.1 Å². The number of H-pyrrole nitrogens is 1. The first-order valence-electron chi connectivity index (χ1n) is 6.62. The Morgan fingerprint density at radius 1 is 1.23 bits per heavy atom. The maximum Gasteiger partial charge on any atom is 0.177 e. The smallest absolute Gasteiger partial charge is 0.177 e. The number of rotatable bonds is 2. The Kier molecular flexibility index (Phi) is 2.81. The molecule has 0 aliphatic carbocycles. The van der Waals surface area contributed by atoms with Crippen molar-refractivity contribution in [3.8, 4) is 0 Å². The highest BCUT2D eigenvalue weighted by Crippen LogP contribution is 2.36. The fourth-order valence-electron chi connectivity index (χ4n) is 2.81. The second-order valence-corrected chi connectivity index (χ2v) is 5.13.